The van der Waals surface area contributed by atoms with E-state index in [2.05, 4.69) is 0 Å². The van der Waals surface area contributed by atoms with E-state index < -0.39 is 12.1 Å². The highest BCUT2D eigenvalue weighted by atomic mass is 32.2. The van der Waals surface area contributed by atoms with Gasteiger partial charge in [0, 0.05) is 23.7 Å². The van der Waals surface area contributed by atoms with Crippen molar-refractivity contribution in [2.45, 2.75) is 23.9 Å². The number of aliphatic hydroxyl groups is 1. The number of amides is 1. The first-order chi connectivity index (χ1) is 10.4. The number of halogens is 3. The molecule has 1 aromatic carbocycles. The van der Waals surface area contributed by atoms with Gasteiger partial charge in [0.05, 0.1) is 18.1 Å². The second kappa shape index (κ2) is 7.37. The van der Waals surface area contributed by atoms with Crippen molar-refractivity contribution in [3.05, 3.63) is 29.8 Å². The van der Waals surface area contributed by atoms with Crippen molar-refractivity contribution in [1.29, 1.82) is 0 Å². The van der Waals surface area contributed by atoms with Crippen LogP contribution in [0.5, 0.6) is 0 Å². The van der Waals surface area contributed by atoms with E-state index in [1.54, 1.807) is 24.3 Å². The van der Waals surface area contributed by atoms with E-state index in [0.29, 0.717) is 29.2 Å². The van der Waals surface area contributed by atoms with Crippen LogP contribution < -0.4 is 0 Å². The van der Waals surface area contributed by atoms with Crippen LogP contribution in [0.25, 0.3) is 0 Å². The summed E-state index contributed by atoms with van der Waals surface area (Å²) in [6.45, 7) is 0.0544. The topological polar surface area (TPSA) is 40.5 Å². The number of rotatable bonds is 4. The molecule has 0 aliphatic carbocycles. The van der Waals surface area contributed by atoms with Crippen LogP contribution >= 0.6 is 11.8 Å². The molecule has 1 amide bonds. The highest BCUT2D eigenvalue weighted by molar-refractivity contribution is 7.99. The number of aliphatic hydroxyl groups excluding tert-OH is 1. The highest BCUT2D eigenvalue weighted by Crippen LogP contribution is 2.34. The molecule has 1 aromatic rings. The molecule has 0 saturated carbocycles. The van der Waals surface area contributed by atoms with Gasteiger partial charge in [-0.2, -0.15) is 13.2 Å². The molecular formula is C15H18F3NO2S. The van der Waals surface area contributed by atoms with E-state index >= 15 is 0 Å². The second-order valence-electron chi connectivity index (χ2n) is 5.20. The number of carbonyl (C=O) groups is 1. The Hall–Kier alpha value is -1.21. The molecule has 1 saturated heterocycles. The van der Waals surface area contributed by atoms with E-state index in [-0.39, 0.29) is 25.5 Å². The van der Waals surface area contributed by atoms with Gasteiger partial charge >= 0.3 is 6.18 Å². The summed E-state index contributed by atoms with van der Waals surface area (Å²) in [7, 11) is 0. The molecule has 1 aliphatic rings. The molecule has 1 atom stereocenters. The predicted octanol–water partition coefficient (Wildman–Crippen LogP) is 3.19. The quantitative estimate of drug-likeness (QED) is 0.861. The average molecular weight is 333 g/mol. The van der Waals surface area contributed by atoms with Crippen molar-refractivity contribution in [3.63, 3.8) is 0 Å². The van der Waals surface area contributed by atoms with Gasteiger partial charge < -0.3 is 10.0 Å². The summed E-state index contributed by atoms with van der Waals surface area (Å²) in [5.74, 6) is -1.37. The van der Waals surface area contributed by atoms with E-state index in [4.69, 9.17) is 5.11 Å². The highest BCUT2D eigenvalue weighted by Gasteiger charge is 2.42. The summed E-state index contributed by atoms with van der Waals surface area (Å²) < 4.78 is 38.6. The zero-order chi connectivity index (χ0) is 16.2. The summed E-state index contributed by atoms with van der Waals surface area (Å²) in [5.41, 5.74) is 0.406. The number of alkyl halides is 3. The zero-order valence-electron chi connectivity index (χ0n) is 12.0. The fourth-order valence-corrected chi connectivity index (χ4v) is 3.32. The number of likely N-dealkylation sites (tertiary alicyclic amines) is 1. The molecule has 1 heterocycles. The minimum atomic E-state index is -4.26. The number of piperidine rings is 1. The Balaban J connectivity index is 2.14. The molecule has 0 spiro atoms. The van der Waals surface area contributed by atoms with E-state index in [1.165, 1.54) is 16.7 Å². The number of hydrogen-bond donors (Lipinski definition) is 1. The maximum Gasteiger partial charge on any atom is 0.393 e. The van der Waals surface area contributed by atoms with Crippen LogP contribution in [0.4, 0.5) is 13.2 Å². The first-order valence-electron chi connectivity index (χ1n) is 7.12. The molecule has 22 heavy (non-hydrogen) atoms. The van der Waals surface area contributed by atoms with Crippen LogP contribution in [0.1, 0.15) is 23.2 Å². The third-order valence-electron chi connectivity index (χ3n) is 3.64. The summed E-state index contributed by atoms with van der Waals surface area (Å²) in [6, 6.07) is 6.84. The molecule has 7 heteroatoms. The Bertz CT molecular complexity index is 522. The molecular weight excluding hydrogens is 315 g/mol. The monoisotopic (exact) mass is 333 g/mol. The summed E-state index contributed by atoms with van der Waals surface area (Å²) in [5, 5.41) is 8.89. The normalized spacial score (nSPS) is 19.3. The Morgan fingerprint density at radius 2 is 2.09 bits per heavy atom. The Morgan fingerprint density at radius 3 is 2.77 bits per heavy atom. The third-order valence-corrected chi connectivity index (χ3v) is 4.69. The molecule has 2 rings (SSSR count). The molecule has 1 N–H and O–H groups in total. The third kappa shape index (κ3) is 4.16. The van der Waals surface area contributed by atoms with Crippen LogP contribution in [0.3, 0.4) is 0 Å². The van der Waals surface area contributed by atoms with Gasteiger partial charge in [0.2, 0.25) is 0 Å². The van der Waals surface area contributed by atoms with Crippen molar-refractivity contribution in [2.75, 3.05) is 25.4 Å². The van der Waals surface area contributed by atoms with Crippen molar-refractivity contribution < 1.29 is 23.1 Å². The Kier molecular flexibility index (Phi) is 5.74. The maximum absolute atomic E-state index is 12.9. The predicted molar refractivity (Wildman–Crippen MR) is 78.9 cm³/mol. The Morgan fingerprint density at radius 1 is 1.36 bits per heavy atom. The lowest BCUT2D eigenvalue weighted by Gasteiger charge is -2.34. The molecule has 0 radical (unpaired) electrons. The van der Waals surface area contributed by atoms with Crippen LogP contribution in [0.15, 0.2) is 29.2 Å². The van der Waals surface area contributed by atoms with Gasteiger partial charge in [0.25, 0.3) is 5.91 Å². The number of benzene rings is 1. The lowest BCUT2D eigenvalue weighted by atomic mass is 9.97. The van der Waals surface area contributed by atoms with Gasteiger partial charge in [-0.25, -0.2) is 0 Å². The molecule has 0 unspecified atom stereocenters. The smallest absolute Gasteiger partial charge is 0.393 e. The van der Waals surface area contributed by atoms with Gasteiger partial charge in [-0.15, -0.1) is 11.8 Å². The lowest BCUT2D eigenvalue weighted by molar-refractivity contribution is -0.184. The fraction of sp³-hybridized carbons (Fsp3) is 0.533. The summed E-state index contributed by atoms with van der Waals surface area (Å²) in [6.07, 6.45) is -3.82. The molecule has 1 fully saturated rings. The minimum absolute atomic E-state index is 0.0208. The van der Waals surface area contributed by atoms with Crippen LogP contribution in [-0.4, -0.2) is 47.5 Å². The zero-order valence-corrected chi connectivity index (χ0v) is 12.8. The first-order valence-corrected chi connectivity index (χ1v) is 8.10. The molecule has 0 aromatic heterocycles. The van der Waals surface area contributed by atoms with Gasteiger partial charge in [-0.1, -0.05) is 12.1 Å². The van der Waals surface area contributed by atoms with Gasteiger partial charge in [0.1, 0.15) is 0 Å². The van der Waals surface area contributed by atoms with E-state index in [0.717, 1.165) is 0 Å². The largest absolute Gasteiger partial charge is 0.396 e. The van der Waals surface area contributed by atoms with E-state index in [1.807, 2.05) is 0 Å². The number of thioether (sulfide) groups is 1. The van der Waals surface area contributed by atoms with E-state index in [9.17, 15) is 18.0 Å². The maximum atomic E-state index is 12.9. The molecule has 3 nitrogen and oxygen atoms in total. The van der Waals surface area contributed by atoms with Gasteiger partial charge in [-0.3, -0.25) is 4.79 Å². The average Bonchev–Trinajstić information content (AvgIpc) is 2.52. The summed E-state index contributed by atoms with van der Waals surface area (Å²) >= 11 is 1.33. The Labute approximate surface area is 131 Å². The minimum Gasteiger partial charge on any atom is -0.396 e. The van der Waals surface area contributed by atoms with Crippen molar-refractivity contribution in [2.24, 2.45) is 5.92 Å². The van der Waals surface area contributed by atoms with Crippen molar-refractivity contribution in [3.8, 4) is 0 Å². The fourth-order valence-electron chi connectivity index (χ4n) is 2.52. The number of carbonyl (C=O) groups excluding carboxylic acids is 1. The second-order valence-corrected chi connectivity index (χ2v) is 6.34. The standard InChI is InChI=1S/C15H18F3NO2S/c16-15(17,18)11-4-3-7-19(10-11)14(21)12-5-1-2-6-13(12)22-9-8-20/h1-2,5-6,11,20H,3-4,7-10H2/t11-/m1/s1. The SMILES string of the molecule is O=C(c1ccccc1SCCO)N1CCC[C@@H](C(F)(F)F)C1. The first kappa shape index (κ1) is 17.1. The number of nitrogens with zero attached hydrogens (tertiary/aromatic N) is 1. The lowest BCUT2D eigenvalue weighted by Crippen LogP contribution is -2.44. The summed E-state index contributed by atoms with van der Waals surface area (Å²) in [4.78, 5) is 14.5. The molecule has 122 valence electrons. The van der Waals surface area contributed by atoms with Crippen LogP contribution in [0.2, 0.25) is 0 Å². The molecule has 1 aliphatic heterocycles. The van der Waals surface area contributed by atoms with Gasteiger partial charge in [-0.05, 0) is 25.0 Å². The van der Waals surface area contributed by atoms with Crippen LogP contribution in [-0.2, 0) is 0 Å². The number of hydrogen-bond acceptors (Lipinski definition) is 3. The van der Waals surface area contributed by atoms with Crippen molar-refractivity contribution >= 4 is 17.7 Å². The van der Waals surface area contributed by atoms with Crippen molar-refractivity contribution in [1.82, 2.24) is 4.90 Å². The molecule has 0 bridgehead atoms. The van der Waals surface area contributed by atoms with Crippen LogP contribution in [0, 0.1) is 5.92 Å². The van der Waals surface area contributed by atoms with Gasteiger partial charge in [0.15, 0.2) is 0 Å².